The van der Waals surface area contributed by atoms with E-state index in [0.29, 0.717) is 11.1 Å². The summed E-state index contributed by atoms with van der Waals surface area (Å²) in [6.45, 7) is 2.28. The molecule has 0 bridgehead atoms. The number of hydrogen-bond donors (Lipinski definition) is 1. The zero-order valence-corrected chi connectivity index (χ0v) is 11.7. The Morgan fingerprint density at radius 2 is 2.00 bits per heavy atom. The highest BCUT2D eigenvalue weighted by atomic mass is 19.4. The molecule has 1 rings (SSSR count). The number of rotatable bonds is 5. The fourth-order valence-corrected chi connectivity index (χ4v) is 1.51. The van der Waals surface area contributed by atoms with Crippen LogP contribution in [0.25, 0.3) is 0 Å². The Labute approximate surface area is 120 Å². The van der Waals surface area contributed by atoms with Crippen LogP contribution >= 0.6 is 0 Å². The SMILES string of the molecule is C=C/C(=N\NCC(F)(F)F)c1cccc(C(=O)N(C)C)c1. The van der Waals surface area contributed by atoms with Crippen molar-refractivity contribution in [2.75, 3.05) is 20.6 Å². The minimum Gasteiger partial charge on any atom is -0.345 e. The van der Waals surface area contributed by atoms with Gasteiger partial charge in [0.15, 0.2) is 0 Å². The molecule has 0 atom stereocenters. The number of carbonyl (C=O) groups is 1. The molecule has 1 aromatic carbocycles. The van der Waals surface area contributed by atoms with Crippen LogP contribution in [0.15, 0.2) is 42.0 Å². The molecular weight excluding hydrogens is 283 g/mol. The van der Waals surface area contributed by atoms with Gasteiger partial charge >= 0.3 is 6.18 Å². The molecule has 1 N–H and O–H groups in total. The molecular formula is C14H16F3N3O. The predicted molar refractivity (Wildman–Crippen MR) is 75.3 cm³/mol. The molecule has 0 spiro atoms. The van der Waals surface area contributed by atoms with Crippen LogP contribution < -0.4 is 5.43 Å². The third-order valence-electron chi connectivity index (χ3n) is 2.48. The van der Waals surface area contributed by atoms with Crippen molar-refractivity contribution >= 4 is 11.6 Å². The van der Waals surface area contributed by atoms with Crippen molar-refractivity contribution in [3.63, 3.8) is 0 Å². The third kappa shape index (κ3) is 5.29. The summed E-state index contributed by atoms with van der Waals surface area (Å²) in [6.07, 6.45) is -3.03. The largest absolute Gasteiger partial charge is 0.407 e. The van der Waals surface area contributed by atoms with Gasteiger partial charge in [0, 0.05) is 25.2 Å². The molecule has 7 heteroatoms. The second-order valence-electron chi connectivity index (χ2n) is 4.43. The van der Waals surface area contributed by atoms with E-state index in [-0.39, 0.29) is 11.6 Å². The van der Waals surface area contributed by atoms with Crippen molar-refractivity contribution in [3.8, 4) is 0 Å². The lowest BCUT2D eigenvalue weighted by atomic mass is 10.1. The molecule has 0 aromatic heterocycles. The Bertz CT molecular complexity index is 551. The van der Waals surface area contributed by atoms with Gasteiger partial charge in [-0.1, -0.05) is 18.7 Å². The van der Waals surface area contributed by atoms with Crippen molar-refractivity contribution < 1.29 is 18.0 Å². The lowest BCUT2D eigenvalue weighted by molar-refractivity contribution is -0.124. The summed E-state index contributed by atoms with van der Waals surface area (Å²) >= 11 is 0. The Morgan fingerprint density at radius 3 is 2.52 bits per heavy atom. The average molecular weight is 299 g/mol. The molecule has 0 aliphatic heterocycles. The molecule has 21 heavy (non-hydrogen) atoms. The normalized spacial score (nSPS) is 12.0. The van der Waals surface area contributed by atoms with Gasteiger partial charge in [-0.25, -0.2) is 0 Å². The standard InChI is InChI=1S/C14H16F3N3O/c1-4-12(19-18-9-14(15,16)17)10-6-5-7-11(8-10)13(21)20(2)3/h4-8,18H,1,9H2,2-3H3/b19-12+. The number of halogens is 3. The summed E-state index contributed by atoms with van der Waals surface area (Å²) in [5.74, 6) is -0.205. The van der Waals surface area contributed by atoms with Gasteiger partial charge in [-0.2, -0.15) is 18.3 Å². The number of alkyl halides is 3. The van der Waals surface area contributed by atoms with Gasteiger partial charge in [0.2, 0.25) is 0 Å². The zero-order chi connectivity index (χ0) is 16.0. The van der Waals surface area contributed by atoms with Gasteiger partial charge in [0.1, 0.15) is 6.54 Å². The molecule has 0 aliphatic rings. The first-order valence-electron chi connectivity index (χ1n) is 6.06. The number of hydrogen-bond acceptors (Lipinski definition) is 3. The molecule has 4 nitrogen and oxygen atoms in total. The Hall–Kier alpha value is -2.31. The summed E-state index contributed by atoms with van der Waals surface area (Å²) in [7, 11) is 3.23. The van der Waals surface area contributed by atoms with Crippen LogP contribution in [0.1, 0.15) is 15.9 Å². The number of benzene rings is 1. The molecule has 0 radical (unpaired) electrons. The van der Waals surface area contributed by atoms with Crippen LogP contribution in [0, 0.1) is 0 Å². The van der Waals surface area contributed by atoms with E-state index in [1.807, 2.05) is 5.43 Å². The zero-order valence-electron chi connectivity index (χ0n) is 11.7. The van der Waals surface area contributed by atoms with Crippen molar-refractivity contribution in [1.29, 1.82) is 0 Å². The Kier molecular flexibility index (Phi) is 5.52. The van der Waals surface area contributed by atoms with Crippen LogP contribution in [0.4, 0.5) is 13.2 Å². The van der Waals surface area contributed by atoms with E-state index in [1.54, 1.807) is 38.4 Å². The fraction of sp³-hybridized carbons (Fsp3) is 0.286. The molecule has 1 amide bonds. The molecule has 114 valence electrons. The first-order valence-corrected chi connectivity index (χ1v) is 6.06. The van der Waals surface area contributed by atoms with Crippen molar-refractivity contribution in [2.45, 2.75) is 6.18 Å². The molecule has 0 fully saturated rings. The number of hydrazone groups is 1. The quantitative estimate of drug-likeness (QED) is 0.670. The highest BCUT2D eigenvalue weighted by Gasteiger charge is 2.26. The van der Waals surface area contributed by atoms with Gasteiger partial charge < -0.3 is 10.3 Å². The molecule has 1 aromatic rings. The number of carbonyl (C=O) groups excluding carboxylic acids is 1. The topological polar surface area (TPSA) is 44.7 Å². The van der Waals surface area contributed by atoms with Crippen LogP contribution in [0.3, 0.4) is 0 Å². The van der Waals surface area contributed by atoms with E-state index >= 15 is 0 Å². The van der Waals surface area contributed by atoms with Crippen LogP contribution in [0.5, 0.6) is 0 Å². The minimum absolute atomic E-state index is 0.205. The van der Waals surface area contributed by atoms with Crippen LogP contribution in [0.2, 0.25) is 0 Å². The molecule has 0 aliphatic carbocycles. The lowest BCUT2D eigenvalue weighted by Crippen LogP contribution is -2.26. The predicted octanol–water partition coefficient (Wildman–Crippen LogP) is 2.43. The summed E-state index contributed by atoms with van der Waals surface area (Å²) in [5.41, 5.74) is 3.10. The summed E-state index contributed by atoms with van der Waals surface area (Å²) in [4.78, 5) is 13.3. The first-order chi connectivity index (χ1) is 9.74. The smallest absolute Gasteiger partial charge is 0.345 e. The van der Waals surface area contributed by atoms with Crippen molar-refractivity contribution in [3.05, 3.63) is 48.0 Å². The Balaban J connectivity index is 2.96. The maximum Gasteiger partial charge on any atom is 0.407 e. The van der Waals surface area contributed by atoms with E-state index in [2.05, 4.69) is 11.7 Å². The van der Waals surface area contributed by atoms with Crippen LogP contribution in [-0.2, 0) is 0 Å². The molecule has 0 saturated carbocycles. The lowest BCUT2D eigenvalue weighted by Gasteiger charge is -2.11. The summed E-state index contributed by atoms with van der Waals surface area (Å²) < 4.78 is 36.2. The summed E-state index contributed by atoms with van der Waals surface area (Å²) in [5, 5.41) is 3.65. The van der Waals surface area contributed by atoms with Gasteiger partial charge in [0.05, 0.1) is 5.71 Å². The van der Waals surface area contributed by atoms with Crippen molar-refractivity contribution in [1.82, 2.24) is 10.3 Å². The van der Waals surface area contributed by atoms with Gasteiger partial charge in [-0.3, -0.25) is 4.79 Å². The minimum atomic E-state index is -4.35. The van der Waals surface area contributed by atoms with Gasteiger partial charge in [-0.15, -0.1) is 0 Å². The van der Waals surface area contributed by atoms with E-state index in [4.69, 9.17) is 0 Å². The van der Waals surface area contributed by atoms with Gasteiger partial charge in [-0.05, 0) is 18.2 Å². The van der Waals surface area contributed by atoms with E-state index in [0.717, 1.165) is 0 Å². The average Bonchev–Trinajstić information content (AvgIpc) is 2.41. The van der Waals surface area contributed by atoms with Crippen molar-refractivity contribution in [2.24, 2.45) is 5.10 Å². The monoisotopic (exact) mass is 299 g/mol. The molecule has 0 heterocycles. The molecule has 0 unspecified atom stereocenters. The van der Waals surface area contributed by atoms with E-state index < -0.39 is 12.7 Å². The van der Waals surface area contributed by atoms with Crippen LogP contribution in [-0.4, -0.2) is 43.3 Å². The maximum absolute atomic E-state index is 12.1. The number of nitrogens with zero attached hydrogens (tertiary/aromatic N) is 2. The second-order valence-corrected chi connectivity index (χ2v) is 4.43. The maximum atomic E-state index is 12.1. The first kappa shape index (κ1) is 16.7. The second kappa shape index (κ2) is 6.92. The number of amides is 1. The van der Waals surface area contributed by atoms with E-state index in [1.165, 1.54) is 11.0 Å². The third-order valence-corrected chi connectivity index (χ3v) is 2.48. The van der Waals surface area contributed by atoms with E-state index in [9.17, 15) is 18.0 Å². The highest BCUT2D eigenvalue weighted by Crippen LogP contribution is 2.13. The number of allylic oxidation sites excluding steroid dienone is 1. The number of nitrogens with one attached hydrogen (secondary N) is 1. The Morgan fingerprint density at radius 1 is 1.38 bits per heavy atom. The summed E-state index contributed by atoms with van der Waals surface area (Å²) in [6, 6.07) is 6.45. The molecule has 0 saturated heterocycles. The van der Waals surface area contributed by atoms with Gasteiger partial charge in [0.25, 0.3) is 5.91 Å². The fourth-order valence-electron chi connectivity index (χ4n) is 1.51. The highest BCUT2D eigenvalue weighted by molar-refractivity contribution is 6.09.